The van der Waals surface area contributed by atoms with Crippen molar-refractivity contribution in [2.45, 2.75) is 13.5 Å². The molecule has 0 aliphatic carbocycles. The maximum absolute atomic E-state index is 5.19. The van der Waals surface area contributed by atoms with E-state index in [2.05, 4.69) is 27.8 Å². The lowest BCUT2D eigenvalue weighted by molar-refractivity contribution is 0.925. The molecule has 1 aromatic heterocycles. The van der Waals surface area contributed by atoms with E-state index in [9.17, 15) is 0 Å². The van der Waals surface area contributed by atoms with E-state index in [0.717, 1.165) is 11.7 Å². The molecule has 1 heterocycles. The number of rotatable bonds is 3. The van der Waals surface area contributed by atoms with Gasteiger partial charge in [-0.15, -0.1) is 11.3 Å². The summed E-state index contributed by atoms with van der Waals surface area (Å²) in [5.41, 5.74) is 1.20. The van der Waals surface area contributed by atoms with Crippen LogP contribution in [0.4, 0.5) is 5.13 Å². The molecule has 0 atom stereocenters. The molecule has 0 unspecified atom stereocenters. The molecule has 5 heteroatoms. The monoisotopic (exact) mass is 263 g/mol. The molecule has 0 bridgehead atoms. The summed E-state index contributed by atoms with van der Waals surface area (Å²) in [6.45, 7) is 2.74. The molecule has 0 spiro atoms. The first kappa shape index (κ1) is 12.0. The molecule has 2 rings (SSSR count). The molecule has 0 saturated carbocycles. The molecule has 0 amide bonds. The van der Waals surface area contributed by atoms with Crippen molar-refractivity contribution in [3.8, 4) is 0 Å². The van der Waals surface area contributed by atoms with Gasteiger partial charge in [-0.25, -0.2) is 4.98 Å². The van der Waals surface area contributed by atoms with Crippen LogP contribution in [-0.4, -0.2) is 10.1 Å². The number of thiazole rings is 1. The minimum absolute atomic E-state index is 0.600. The zero-order valence-electron chi connectivity index (χ0n) is 9.43. The van der Waals surface area contributed by atoms with Crippen LogP contribution in [0.5, 0.6) is 0 Å². The number of aromatic nitrogens is 1. The summed E-state index contributed by atoms with van der Waals surface area (Å²) in [6.07, 6.45) is 1.83. The minimum atomic E-state index is 0.600. The first-order valence-electron chi connectivity index (χ1n) is 5.25. The molecule has 88 valence electrons. The van der Waals surface area contributed by atoms with Crippen LogP contribution in [0.3, 0.4) is 0 Å². The van der Waals surface area contributed by atoms with E-state index >= 15 is 0 Å². The second-order valence-corrected chi connectivity index (χ2v) is 5.21. The van der Waals surface area contributed by atoms with Gasteiger partial charge in [-0.05, 0) is 24.7 Å². The molecule has 0 aliphatic heterocycles. The number of benzene rings is 1. The van der Waals surface area contributed by atoms with Crippen molar-refractivity contribution < 1.29 is 0 Å². The van der Waals surface area contributed by atoms with Crippen LogP contribution >= 0.6 is 23.6 Å². The smallest absolute Gasteiger partial charge is 0.189 e. The van der Waals surface area contributed by atoms with Gasteiger partial charge in [0, 0.05) is 17.6 Å². The maximum atomic E-state index is 5.19. The van der Waals surface area contributed by atoms with Crippen LogP contribution < -0.4 is 10.6 Å². The Morgan fingerprint density at radius 1 is 1.35 bits per heavy atom. The predicted molar refractivity (Wildman–Crippen MR) is 76.4 cm³/mol. The van der Waals surface area contributed by atoms with Gasteiger partial charge < -0.3 is 10.6 Å². The first-order chi connectivity index (χ1) is 8.24. The molecular formula is C12H13N3S2. The Bertz CT molecular complexity index is 493. The van der Waals surface area contributed by atoms with E-state index in [1.807, 2.05) is 31.3 Å². The Kier molecular flexibility index (Phi) is 4.06. The molecule has 2 N–H and O–H groups in total. The van der Waals surface area contributed by atoms with E-state index < -0.39 is 0 Å². The van der Waals surface area contributed by atoms with Crippen molar-refractivity contribution in [3.63, 3.8) is 0 Å². The number of thiocarbonyl (C=S) groups is 1. The molecular weight excluding hydrogens is 250 g/mol. The predicted octanol–water partition coefficient (Wildman–Crippen LogP) is 2.94. The maximum Gasteiger partial charge on any atom is 0.189 e. The Labute approximate surface area is 110 Å². The number of nitrogens with one attached hydrogen (secondary N) is 2. The molecule has 0 radical (unpaired) electrons. The van der Waals surface area contributed by atoms with Gasteiger partial charge in [0.05, 0.1) is 0 Å². The first-order valence-corrected chi connectivity index (χ1v) is 6.48. The Balaban J connectivity index is 1.82. The number of hydrogen-bond acceptors (Lipinski definition) is 3. The topological polar surface area (TPSA) is 37.0 Å². The van der Waals surface area contributed by atoms with Crippen molar-refractivity contribution in [2.75, 3.05) is 5.32 Å². The molecule has 3 nitrogen and oxygen atoms in total. The lowest BCUT2D eigenvalue weighted by Gasteiger charge is -2.07. The summed E-state index contributed by atoms with van der Waals surface area (Å²) in [5.74, 6) is 0. The third-order valence-electron chi connectivity index (χ3n) is 2.14. The van der Waals surface area contributed by atoms with Crippen molar-refractivity contribution in [1.29, 1.82) is 0 Å². The van der Waals surface area contributed by atoms with E-state index in [0.29, 0.717) is 5.11 Å². The highest BCUT2D eigenvalue weighted by Gasteiger charge is 2.01. The number of anilines is 1. The van der Waals surface area contributed by atoms with Gasteiger partial charge in [-0.1, -0.05) is 30.3 Å². The largest absolute Gasteiger partial charge is 0.358 e. The standard InChI is InChI=1S/C12H13N3S2/c1-9-7-14-12(17-9)15-11(16)13-8-10-5-3-2-4-6-10/h2-7H,8H2,1H3,(H2,13,14,15,16). The number of hydrogen-bond donors (Lipinski definition) is 2. The lowest BCUT2D eigenvalue weighted by Crippen LogP contribution is -2.27. The minimum Gasteiger partial charge on any atom is -0.358 e. The van der Waals surface area contributed by atoms with E-state index in [1.165, 1.54) is 10.4 Å². The summed E-state index contributed by atoms with van der Waals surface area (Å²) in [6, 6.07) is 10.1. The van der Waals surface area contributed by atoms with Crippen LogP contribution in [0.25, 0.3) is 0 Å². The molecule has 1 aromatic carbocycles. The zero-order chi connectivity index (χ0) is 12.1. The van der Waals surface area contributed by atoms with Crippen molar-refractivity contribution in [1.82, 2.24) is 10.3 Å². The third kappa shape index (κ3) is 3.80. The third-order valence-corrected chi connectivity index (χ3v) is 3.21. The van der Waals surface area contributed by atoms with Crippen LogP contribution in [0.15, 0.2) is 36.5 Å². The molecule has 2 aromatic rings. The van der Waals surface area contributed by atoms with Crippen molar-refractivity contribution in [2.24, 2.45) is 0 Å². The molecule has 0 saturated heterocycles. The van der Waals surface area contributed by atoms with Crippen molar-refractivity contribution in [3.05, 3.63) is 47.0 Å². The fourth-order valence-electron chi connectivity index (χ4n) is 1.33. The van der Waals surface area contributed by atoms with Gasteiger partial charge in [0.2, 0.25) is 0 Å². The fraction of sp³-hybridized carbons (Fsp3) is 0.167. The molecule has 0 fully saturated rings. The highest BCUT2D eigenvalue weighted by molar-refractivity contribution is 7.80. The van der Waals surface area contributed by atoms with Crippen LogP contribution in [0.2, 0.25) is 0 Å². The lowest BCUT2D eigenvalue weighted by atomic mass is 10.2. The normalized spacial score (nSPS) is 9.94. The summed E-state index contributed by atoms with van der Waals surface area (Å²) in [4.78, 5) is 5.36. The highest BCUT2D eigenvalue weighted by atomic mass is 32.1. The summed E-state index contributed by atoms with van der Waals surface area (Å²) < 4.78 is 0. The van der Waals surface area contributed by atoms with E-state index in [4.69, 9.17) is 12.2 Å². The average molecular weight is 263 g/mol. The Morgan fingerprint density at radius 3 is 2.76 bits per heavy atom. The van der Waals surface area contributed by atoms with Gasteiger partial charge >= 0.3 is 0 Å². The quantitative estimate of drug-likeness (QED) is 0.835. The number of aryl methyl sites for hydroxylation is 1. The SMILES string of the molecule is Cc1cnc(NC(=S)NCc2ccccc2)s1. The van der Waals surface area contributed by atoms with Gasteiger partial charge in [-0.3, -0.25) is 0 Å². The summed E-state index contributed by atoms with van der Waals surface area (Å²) in [7, 11) is 0. The Morgan fingerprint density at radius 2 is 2.12 bits per heavy atom. The summed E-state index contributed by atoms with van der Waals surface area (Å²) in [5, 5.41) is 7.63. The Hall–Kier alpha value is -1.46. The molecule has 17 heavy (non-hydrogen) atoms. The van der Waals surface area contributed by atoms with Crippen LogP contribution in [0.1, 0.15) is 10.4 Å². The second kappa shape index (κ2) is 5.75. The average Bonchev–Trinajstić information content (AvgIpc) is 2.73. The fourth-order valence-corrected chi connectivity index (χ4v) is 2.23. The van der Waals surface area contributed by atoms with Crippen LogP contribution in [0, 0.1) is 6.92 Å². The number of nitrogens with zero attached hydrogens (tertiary/aromatic N) is 1. The van der Waals surface area contributed by atoms with E-state index in [-0.39, 0.29) is 0 Å². The van der Waals surface area contributed by atoms with Gasteiger partial charge in [0.1, 0.15) is 0 Å². The zero-order valence-corrected chi connectivity index (χ0v) is 11.1. The van der Waals surface area contributed by atoms with Gasteiger partial charge in [-0.2, -0.15) is 0 Å². The molecule has 0 aliphatic rings. The second-order valence-electron chi connectivity index (χ2n) is 3.57. The highest BCUT2D eigenvalue weighted by Crippen LogP contribution is 2.16. The summed E-state index contributed by atoms with van der Waals surface area (Å²) >= 11 is 6.78. The van der Waals surface area contributed by atoms with Gasteiger partial charge in [0.15, 0.2) is 10.2 Å². The van der Waals surface area contributed by atoms with Crippen LogP contribution in [-0.2, 0) is 6.54 Å². The van der Waals surface area contributed by atoms with E-state index in [1.54, 1.807) is 11.3 Å². The van der Waals surface area contributed by atoms with Crippen molar-refractivity contribution >= 4 is 33.8 Å². The van der Waals surface area contributed by atoms with Gasteiger partial charge in [0.25, 0.3) is 0 Å².